The van der Waals surface area contributed by atoms with Crippen molar-refractivity contribution in [3.8, 4) is 0 Å². The molecule has 4 nitrogen and oxygen atoms in total. The van der Waals surface area contributed by atoms with Gasteiger partial charge in [0.05, 0.1) is 11.9 Å². The van der Waals surface area contributed by atoms with E-state index in [1.165, 1.54) is 30.5 Å². The number of benzene rings is 1. The molecule has 1 aromatic heterocycles. The summed E-state index contributed by atoms with van der Waals surface area (Å²) in [5, 5.41) is 11.8. The minimum Gasteiger partial charge on any atom is -0.477 e. The van der Waals surface area contributed by atoms with E-state index in [0.717, 1.165) is 0 Å². The van der Waals surface area contributed by atoms with E-state index < -0.39 is 11.8 Å². The molecule has 18 heavy (non-hydrogen) atoms. The van der Waals surface area contributed by atoms with E-state index in [-0.39, 0.29) is 10.7 Å². The van der Waals surface area contributed by atoms with Crippen LogP contribution in [0.15, 0.2) is 36.5 Å². The average Bonchev–Trinajstić information content (AvgIpc) is 2.28. The Hall–Kier alpha value is -2.14. The van der Waals surface area contributed by atoms with Gasteiger partial charge < -0.3 is 10.4 Å². The third-order valence-corrected chi connectivity index (χ3v) is 2.35. The Morgan fingerprint density at radius 3 is 2.61 bits per heavy atom. The molecule has 0 saturated carbocycles. The van der Waals surface area contributed by atoms with E-state index in [0.29, 0.717) is 11.4 Å². The summed E-state index contributed by atoms with van der Waals surface area (Å²) >= 11 is 5.71. The number of aromatic carboxylic acids is 1. The molecule has 6 heteroatoms. The van der Waals surface area contributed by atoms with Crippen molar-refractivity contribution < 1.29 is 14.3 Å². The minimum atomic E-state index is -1.10. The van der Waals surface area contributed by atoms with Gasteiger partial charge in [-0.25, -0.2) is 14.2 Å². The molecule has 0 fully saturated rings. The maximum atomic E-state index is 13.1. The fourth-order valence-electron chi connectivity index (χ4n) is 1.39. The summed E-state index contributed by atoms with van der Waals surface area (Å²) in [6.07, 6.45) is 1.35. The first-order valence-corrected chi connectivity index (χ1v) is 5.35. The lowest BCUT2D eigenvalue weighted by molar-refractivity contribution is 0.0690. The van der Waals surface area contributed by atoms with E-state index >= 15 is 0 Å². The molecule has 0 radical (unpaired) electrons. The zero-order valence-corrected chi connectivity index (χ0v) is 9.78. The SMILES string of the molecule is O=C(O)c1ccc(Nc2cc(F)cc(Cl)c2)cn1. The molecule has 0 unspecified atom stereocenters. The second-order valence-electron chi connectivity index (χ2n) is 3.52. The topological polar surface area (TPSA) is 62.2 Å². The first kappa shape index (κ1) is 12.3. The molecule has 0 aliphatic carbocycles. The summed E-state index contributed by atoms with van der Waals surface area (Å²) in [4.78, 5) is 14.3. The molecule has 0 aliphatic rings. The molecule has 2 N–H and O–H groups in total. The zero-order chi connectivity index (χ0) is 13.1. The van der Waals surface area contributed by atoms with Gasteiger partial charge >= 0.3 is 5.97 Å². The van der Waals surface area contributed by atoms with Crippen LogP contribution < -0.4 is 5.32 Å². The number of nitrogens with zero attached hydrogens (tertiary/aromatic N) is 1. The maximum Gasteiger partial charge on any atom is 0.354 e. The highest BCUT2D eigenvalue weighted by Crippen LogP contribution is 2.21. The van der Waals surface area contributed by atoms with Gasteiger partial charge in [-0.2, -0.15) is 0 Å². The van der Waals surface area contributed by atoms with Crippen molar-refractivity contribution in [3.63, 3.8) is 0 Å². The largest absolute Gasteiger partial charge is 0.477 e. The average molecular weight is 267 g/mol. The van der Waals surface area contributed by atoms with Gasteiger partial charge in [-0.05, 0) is 30.3 Å². The van der Waals surface area contributed by atoms with Gasteiger partial charge in [-0.1, -0.05) is 11.6 Å². The number of carboxylic acids is 1. The molecule has 92 valence electrons. The monoisotopic (exact) mass is 266 g/mol. The van der Waals surface area contributed by atoms with Crippen molar-refractivity contribution in [1.82, 2.24) is 4.98 Å². The van der Waals surface area contributed by atoms with E-state index in [9.17, 15) is 9.18 Å². The minimum absolute atomic E-state index is 0.0576. The molecule has 2 rings (SSSR count). The molecule has 1 aromatic carbocycles. The number of pyridine rings is 1. The summed E-state index contributed by atoms with van der Waals surface area (Å²) in [5.74, 6) is -1.56. The van der Waals surface area contributed by atoms with E-state index in [2.05, 4.69) is 10.3 Å². The van der Waals surface area contributed by atoms with Crippen LogP contribution in [0.3, 0.4) is 0 Å². The molecule has 0 amide bonds. The van der Waals surface area contributed by atoms with Crippen molar-refractivity contribution in [1.29, 1.82) is 0 Å². The van der Waals surface area contributed by atoms with Crippen LogP contribution in [0.25, 0.3) is 0 Å². The second kappa shape index (κ2) is 5.01. The molecule has 0 spiro atoms. The smallest absolute Gasteiger partial charge is 0.354 e. The number of anilines is 2. The van der Waals surface area contributed by atoms with Gasteiger partial charge in [0, 0.05) is 10.7 Å². The number of hydrogen-bond acceptors (Lipinski definition) is 3. The normalized spacial score (nSPS) is 10.1. The number of halogens is 2. The fraction of sp³-hybridized carbons (Fsp3) is 0. The van der Waals surface area contributed by atoms with Crippen LogP contribution in [0.5, 0.6) is 0 Å². The fourth-order valence-corrected chi connectivity index (χ4v) is 1.61. The summed E-state index contributed by atoms with van der Waals surface area (Å²) in [6, 6.07) is 6.91. The molecule has 0 bridgehead atoms. The molecule has 2 aromatic rings. The lowest BCUT2D eigenvalue weighted by Crippen LogP contribution is -2.00. The highest BCUT2D eigenvalue weighted by Gasteiger charge is 2.04. The van der Waals surface area contributed by atoms with Gasteiger partial charge in [0.15, 0.2) is 0 Å². The van der Waals surface area contributed by atoms with Crippen LogP contribution in [0.2, 0.25) is 5.02 Å². The number of hydrogen-bond donors (Lipinski definition) is 2. The number of rotatable bonds is 3. The lowest BCUT2D eigenvalue weighted by Gasteiger charge is -2.06. The van der Waals surface area contributed by atoms with Gasteiger partial charge in [-0.3, -0.25) is 0 Å². The van der Waals surface area contributed by atoms with E-state index in [4.69, 9.17) is 16.7 Å². The third-order valence-electron chi connectivity index (χ3n) is 2.13. The highest BCUT2D eigenvalue weighted by atomic mass is 35.5. The van der Waals surface area contributed by atoms with Crippen molar-refractivity contribution in [2.24, 2.45) is 0 Å². The number of aromatic nitrogens is 1. The van der Waals surface area contributed by atoms with Crippen LogP contribution >= 0.6 is 11.6 Å². The Bertz CT molecular complexity index is 567. The summed E-state index contributed by atoms with van der Waals surface area (Å²) in [5.41, 5.74) is 0.948. The molecule has 0 aliphatic heterocycles. The first-order chi connectivity index (χ1) is 8.54. The lowest BCUT2D eigenvalue weighted by atomic mass is 10.3. The Balaban J connectivity index is 2.20. The Kier molecular flexibility index (Phi) is 3.43. The Labute approximate surface area is 107 Å². The van der Waals surface area contributed by atoms with Crippen molar-refractivity contribution in [2.75, 3.05) is 5.32 Å². The van der Waals surface area contributed by atoms with Crippen molar-refractivity contribution in [3.05, 3.63) is 53.1 Å². The van der Waals surface area contributed by atoms with Gasteiger partial charge in [0.1, 0.15) is 11.5 Å². The zero-order valence-electron chi connectivity index (χ0n) is 9.02. The van der Waals surface area contributed by atoms with Crippen molar-refractivity contribution >= 4 is 28.9 Å². The van der Waals surface area contributed by atoms with E-state index in [1.54, 1.807) is 6.07 Å². The summed E-state index contributed by atoms with van der Waals surface area (Å²) in [6.45, 7) is 0. The summed E-state index contributed by atoms with van der Waals surface area (Å²) in [7, 11) is 0. The predicted molar refractivity (Wildman–Crippen MR) is 65.9 cm³/mol. The second-order valence-corrected chi connectivity index (χ2v) is 3.96. The number of carbonyl (C=O) groups is 1. The predicted octanol–water partition coefficient (Wildman–Crippen LogP) is 3.32. The quantitative estimate of drug-likeness (QED) is 0.895. The van der Waals surface area contributed by atoms with Gasteiger partial charge in [-0.15, -0.1) is 0 Å². The maximum absolute atomic E-state index is 13.1. The van der Waals surface area contributed by atoms with E-state index in [1.807, 2.05) is 0 Å². The molecular weight excluding hydrogens is 259 g/mol. The number of nitrogens with one attached hydrogen (secondary N) is 1. The standard InChI is InChI=1S/C12H8ClFN2O2/c13-7-3-8(14)5-10(4-7)16-9-1-2-11(12(17)18)15-6-9/h1-6,16H,(H,17,18). The van der Waals surface area contributed by atoms with Crippen LogP contribution in [-0.2, 0) is 0 Å². The third kappa shape index (κ3) is 2.95. The Morgan fingerprint density at radius 1 is 1.28 bits per heavy atom. The van der Waals surface area contributed by atoms with Crippen LogP contribution in [-0.4, -0.2) is 16.1 Å². The van der Waals surface area contributed by atoms with Gasteiger partial charge in [0.2, 0.25) is 0 Å². The molecule has 0 saturated heterocycles. The number of carboxylic acid groups (broad SMARTS) is 1. The molecule has 1 heterocycles. The highest BCUT2D eigenvalue weighted by molar-refractivity contribution is 6.30. The first-order valence-electron chi connectivity index (χ1n) is 4.97. The van der Waals surface area contributed by atoms with Crippen LogP contribution in [0.4, 0.5) is 15.8 Å². The van der Waals surface area contributed by atoms with Crippen molar-refractivity contribution in [2.45, 2.75) is 0 Å². The molecular formula is C12H8ClFN2O2. The summed E-state index contributed by atoms with van der Waals surface area (Å²) < 4.78 is 13.1. The van der Waals surface area contributed by atoms with Gasteiger partial charge in [0.25, 0.3) is 0 Å². The van der Waals surface area contributed by atoms with Crippen LogP contribution in [0, 0.1) is 5.82 Å². The molecule has 0 atom stereocenters. The Morgan fingerprint density at radius 2 is 2.06 bits per heavy atom. The van der Waals surface area contributed by atoms with Crippen LogP contribution in [0.1, 0.15) is 10.5 Å².